The molecular formula is C21H33ClN2O3. The van der Waals surface area contributed by atoms with E-state index < -0.39 is 0 Å². The van der Waals surface area contributed by atoms with Gasteiger partial charge in [0.15, 0.2) is 11.5 Å². The fourth-order valence-electron chi connectivity index (χ4n) is 3.28. The molecule has 0 aromatic heterocycles. The summed E-state index contributed by atoms with van der Waals surface area (Å²) in [6.07, 6.45) is 4.05. The Morgan fingerprint density at radius 2 is 1.96 bits per heavy atom. The maximum Gasteiger partial charge on any atom is 0.254 e. The number of rotatable bonds is 10. The summed E-state index contributed by atoms with van der Waals surface area (Å²) < 4.78 is 11.5. The highest BCUT2D eigenvalue weighted by molar-refractivity contribution is 6.32. The minimum Gasteiger partial charge on any atom is -0.490 e. The molecule has 1 N–H and O–H groups in total. The van der Waals surface area contributed by atoms with Gasteiger partial charge in [-0.25, -0.2) is 0 Å². The fraction of sp³-hybridized carbons (Fsp3) is 0.667. The van der Waals surface area contributed by atoms with Crippen LogP contribution >= 0.6 is 11.6 Å². The van der Waals surface area contributed by atoms with Gasteiger partial charge in [0.05, 0.1) is 18.2 Å². The number of piperidine rings is 1. The van der Waals surface area contributed by atoms with Gasteiger partial charge in [0, 0.05) is 18.7 Å². The monoisotopic (exact) mass is 396 g/mol. The molecule has 0 spiro atoms. The van der Waals surface area contributed by atoms with Crippen molar-refractivity contribution < 1.29 is 14.3 Å². The van der Waals surface area contributed by atoms with Crippen molar-refractivity contribution in [3.63, 3.8) is 0 Å². The van der Waals surface area contributed by atoms with Crippen LogP contribution in [0.1, 0.15) is 56.8 Å². The third-order valence-corrected chi connectivity index (χ3v) is 5.17. The highest BCUT2D eigenvalue weighted by Crippen LogP contribution is 2.37. The van der Waals surface area contributed by atoms with E-state index >= 15 is 0 Å². The predicted molar refractivity (Wildman–Crippen MR) is 110 cm³/mol. The first-order chi connectivity index (χ1) is 13.1. The minimum atomic E-state index is 0.0138. The lowest BCUT2D eigenvalue weighted by Gasteiger charge is -2.32. The second-order valence-corrected chi connectivity index (χ2v) is 7.37. The number of nitrogens with one attached hydrogen (secondary N) is 1. The van der Waals surface area contributed by atoms with Gasteiger partial charge in [-0.2, -0.15) is 0 Å². The summed E-state index contributed by atoms with van der Waals surface area (Å²) in [5.41, 5.74) is 0.566. The molecule has 1 amide bonds. The molecule has 6 heteroatoms. The number of likely N-dealkylation sites (tertiary alicyclic amines) is 1. The molecule has 27 heavy (non-hydrogen) atoms. The lowest BCUT2D eigenvalue weighted by Crippen LogP contribution is -2.40. The van der Waals surface area contributed by atoms with Crippen LogP contribution in [0.4, 0.5) is 0 Å². The average molecular weight is 397 g/mol. The topological polar surface area (TPSA) is 50.8 Å². The molecule has 1 heterocycles. The van der Waals surface area contributed by atoms with Gasteiger partial charge >= 0.3 is 0 Å². The van der Waals surface area contributed by atoms with E-state index in [-0.39, 0.29) is 5.91 Å². The van der Waals surface area contributed by atoms with Gasteiger partial charge < -0.3 is 19.7 Å². The second-order valence-electron chi connectivity index (χ2n) is 6.96. The zero-order valence-electron chi connectivity index (χ0n) is 16.9. The Morgan fingerprint density at radius 3 is 2.59 bits per heavy atom. The van der Waals surface area contributed by atoms with Crippen molar-refractivity contribution in [2.45, 2.75) is 46.5 Å². The highest BCUT2D eigenvalue weighted by Gasteiger charge is 2.25. The van der Waals surface area contributed by atoms with Crippen molar-refractivity contribution in [2.75, 3.05) is 39.4 Å². The molecule has 1 fully saturated rings. The summed E-state index contributed by atoms with van der Waals surface area (Å²) in [4.78, 5) is 14.9. The maximum atomic E-state index is 13.0. The Hall–Kier alpha value is -1.46. The zero-order valence-corrected chi connectivity index (χ0v) is 17.6. The second kappa shape index (κ2) is 11.4. The first kappa shape index (κ1) is 21.8. The van der Waals surface area contributed by atoms with Gasteiger partial charge in [0.1, 0.15) is 0 Å². The Balaban J connectivity index is 2.07. The minimum absolute atomic E-state index is 0.0138. The molecule has 2 rings (SSSR count). The van der Waals surface area contributed by atoms with Gasteiger partial charge in [-0.3, -0.25) is 4.79 Å². The van der Waals surface area contributed by atoms with Crippen molar-refractivity contribution in [3.05, 3.63) is 22.7 Å². The van der Waals surface area contributed by atoms with Crippen molar-refractivity contribution in [2.24, 2.45) is 5.92 Å². The number of amides is 1. The van der Waals surface area contributed by atoms with E-state index in [2.05, 4.69) is 19.2 Å². The van der Waals surface area contributed by atoms with Crippen molar-refractivity contribution in [3.8, 4) is 11.5 Å². The summed E-state index contributed by atoms with van der Waals surface area (Å²) in [7, 11) is 0. The number of ether oxygens (including phenoxy) is 2. The number of carbonyl (C=O) groups excluding carboxylic acids is 1. The van der Waals surface area contributed by atoms with E-state index in [1.54, 1.807) is 12.1 Å². The molecule has 0 atom stereocenters. The quantitative estimate of drug-likeness (QED) is 0.596. The molecule has 0 bridgehead atoms. The summed E-state index contributed by atoms with van der Waals surface area (Å²) in [6.45, 7) is 10.8. The average Bonchev–Trinajstić information content (AvgIpc) is 2.68. The van der Waals surface area contributed by atoms with Gasteiger partial charge in [0.25, 0.3) is 5.91 Å². The molecule has 0 saturated carbocycles. The first-order valence-corrected chi connectivity index (χ1v) is 10.6. The first-order valence-electron chi connectivity index (χ1n) is 10.2. The fourth-order valence-corrected chi connectivity index (χ4v) is 3.55. The van der Waals surface area contributed by atoms with Crippen LogP contribution < -0.4 is 14.8 Å². The number of nitrogens with zero attached hydrogens (tertiary/aromatic N) is 1. The molecule has 1 aromatic rings. The maximum absolute atomic E-state index is 13.0. The summed E-state index contributed by atoms with van der Waals surface area (Å²) in [6, 6.07) is 3.47. The third kappa shape index (κ3) is 6.28. The van der Waals surface area contributed by atoms with E-state index in [9.17, 15) is 4.79 Å². The smallest absolute Gasteiger partial charge is 0.254 e. The predicted octanol–water partition coefficient (Wildman–Crippen LogP) is 4.38. The molecule has 1 aliphatic heterocycles. The lowest BCUT2D eigenvalue weighted by molar-refractivity contribution is 0.0689. The molecular weight excluding hydrogens is 364 g/mol. The van der Waals surface area contributed by atoms with Crippen LogP contribution in [-0.4, -0.2) is 50.2 Å². The molecule has 1 aromatic carbocycles. The van der Waals surface area contributed by atoms with E-state index in [1.807, 2.05) is 11.8 Å². The van der Waals surface area contributed by atoms with Crippen LogP contribution in [0.25, 0.3) is 0 Å². The number of carbonyl (C=O) groups is 1. The Bertz CT molecular complexity index is 601. The number of halogens is 1. The standard InChI is InChI=1S/C21H33ClN2O3/c1-4-7-12-27-20-18(22)13-17(14-19(20)26-6-3)21(25)24-10-8-16(9-11-24)15-23-5-2/h13-14,16,23H,4-12,15H2,1-3H3. The summed E-state index contributed by atoms with van der Waals surface area (Å²) in [5.74, 6) is 1.74. The molecule has 0 radical (unpaired) electrons. The van der Waals surface area contributed by atoms with Crippen LogP contribution in [0, 0.1) is 5.92 Å². The Labute approximate surface area is 168 Å². The van der Waals surface area contributed by atoms with Crippen molar-refractivity contribution >= 4 is 17.5 Å². The van der Waals surface area contributed by atoms with Crippen molar-refractivity contribution in [1.82, 2.24) is 10.2 Å². The number of unbranched alkanes of at least 4 members (excludes halogenated alkanes) is 1. The lowest BCUT2D eigenvalue weighted by atomic mass is 9.96. The van der Waals surface area contributed by atoms with Crippen LogP contribution in [-0.2, 0) is 0 Å². The Morgan fingerprint density at radius 1 is 1.22 bits per heavy atom. The molecule has 1 aliphatic rings. The summed E-state index contributed by atoms with van der Waals surface area (Å²) >= 11 is 6.43. The Kier molecular flexibility index (Phi) is 9.22. The van der Waals surface area contributed by atoms with Gasteiger partial charge in [-0.15, -0.1) is 0 Å². The van der Waals surface area contributed by atoms with E-state index in [0.29, 0.717) is 41.2 Å². The third-order valence-electron chi connectivity index (χ3n) is 4.89. The molecule has 5 nitrogen and oxygen atoms in total. The molecule has 0 unspecified atom stereocenters. The van der Waals surface area contributed by atoms with E-state index in [4.69, 9.17) is 21.1 Å². The van der Waals surface area contributed by atoms with Gasteiger partial charge in [-0.05, 0) is 57.3 Å². The van der Waals surface area contributed by atoms with Gasteiger partial charge in [-0.1, -0.05) is 31.9 Å². The molecule has 152 valence electrons. The number of hydrogen-bond acceptors (Lipinski definition) is 4. The normalized spacial score (nSPS) is 15.0. The van der Waals surface area contributed by atoms with Gasteiger partial charge in [0.2, 0.25) is 0 Å². The van der Waals surface area contributed by atoms with Crippen molar-refractivity contribution in [1.29, 1.82) is 0 Å². The largest absolute Gasteiger partial charge is 0.490 e. The van der Waals surface area contributed by atoms with E-state index in [0.717, 1.165) is 51.9 Å². The van der Waals surface area contributed by atoms with Crippen LogP contribution in [0.2, 0.25) is 5.02 Å². The molecule has 0 aliphatic carbocycles. The summed E-state index contributed by atoms with van der Waals surface area (Å²) in [5, 5.41) is 3.83. The number of benzene rings is 1. The van der Waals surface area contributed by atoms with Crippen LogP contribution in [0.5, 0.6) is 11.5 Å². The zero-order chi connectivity index (χ0) is 19.6. The highest BCUT2D eigenvalue weighted by atomic mass is 35.5. The van der Waals surface area contributed by atoms with Crippen LogP contribution in [0.15, 0.2) is 12.1 Å². The molecule has 1 saturated heterocycles. The van der Waals surface area contributed by atoms with E-state index in [1.165, 1.54) is 0 Å². The van der Waals surface area contributed by atoms with Crippen LogP contribution in [0.3, 0.4) is 0 Å². The SMILES string of the molecule is CCCCOc1c(Cl)cc(C(=O)N2CCC(CNCC)CC2)cc1OCC. The number of hydrogen-bond donors (Lipinski definition) is 1.